The van der Waals surface area contributed by atoms with E-state index in [0.717, 1.165) is 11.8 Å². The maximum atomic E-state index is 11.9. The number of hydrogen-bond acceptors (Lipinski definition) is 5. The van der Waals surface area contributed by atoms with Gasteiger partial charge in [0.1, 0.15) is 0 Å². The van der Waals surface area contributed by atoms with Crippen LogP contribution in [0.1, 0.15) is 17.3 Å². The van der Waals surface area contributed by atoms with Crippen molar-refractivity contribution in [1.82, 2.24) is 4.98 Å². The topological polar surface area (TPSA) is 73.3 Å². The first-order chi connectivity index (χ1) is 9.91. The van der Waals surface area contributed by atoms with E-state index >= 15 is 0 Å². The molecule has 0 fully saturated rings. The summed E-state index contributed by atoms with van der Waals surface area (Å²) in [7, 11) is -3.43. The molecule has 21 heavy (non-hydrogen) atoms. The average Bonchev–Trinajstić information content (AvgIpc) is 2.47. The van der Waals surface area contributed by atoms with Crippen LogP contribution >= 0.6 is 0 Å². The fraction of sp³-hybridized carbons (Fsp3) is 0.200. The zero-order valence-electron chi connectivity index (χ0n) is 11.7. The van der Waals surface area contributed by atoms with Crippen LogP contribution in [0.2, 0.25) is 0 Å². The van der Waals surface area contributed by atoms with Crippen molar-refractivity contribution < 1.29 is 17.9 Å². The van der Waals surface area contributed by atoms with Gasteiger partial charge in [0, 0.05) is 18.6 Å². The Kier molecular flexibility index (Phi) is 4.37. The monoisotopic (exact) mass is 305 g/mol. The molecule has 1 aromatic heterocycles. The van der Waals surface area contributed by atoms with Crippen LogP contribution in [-0.4, -0.2) is 32.2 Å². The van der Waals surface area contributed by atoms with Gasteiger partial charge < -0.3 is 4.74 Å². The van der Waals surface area contributed by atoms with Crippen molar-refractivity contribution in [2.24, 2.45) is 0 Å². The molecule has 0 unspecified atom stereocenters. The van der Waals surface area contributed by atoms with Crippen molar-refractivity contribution in [1.29, 1.82) is 0 Å². The van der Waals surface area contributed by atoms with Gasteiger partial charge in [-0.15, -0.1) is 0 Å². The number of carbonyl (C=O) groups excluding carboxylic acids is 1. The Hall–Kier alpha value is -2.21. The molecule has 2 aromatic rings. The number of carbonyl (C=O) groups is 1. The smallest absolute Gasteiger partial charge is 0.338 e. The molecule has 0 saturated carbocycles. The van der Waals surface area contributed by atoms with Gasteiger partial charge in [-0.25, -0.2) is 13.2 Å². The second-order valence-electron chi connectivity index (χ2n) is 4.47. The number of esters is 1. The van der Waals surface area contributed by atoms with Crippen LogP contribution in [0.15, 0.2) is 47.6 Å². The van der Waals surface area contributed by atoms with Gasteiger partial charge in [-0.3, -0.25) is 4.98 Å². The van der Waals surface area contributed by atoms with E-state index in [4.69, 9.17) is 4.74 Å². The Balaban J connectivity index is 2.61. The van der Waals surface area contributed by atoms with E-state index in [-0.39, 0.29) is 17.1 Å². The first-order valence-electron chi connectivity index (χ1n) is 6.34. The van der Waals surface area contributed by atoms with Crippen LogP contribution in [0.5, 0.6) is 0 Å². The highest BCUT2D eigenvalue weighted by Crippen LogP contribution is 2.24. The quantitative estimate of drug-likeness (QED) is 0.811. The van der Waals surface area contributed by atoms with Crippen molar-refractivity contribution in [2.45, 2.75) is 11.8 Å². The lowest BCUT2D eigenvalue weighted by molar-refractivity contribution is 0.0526. The lowest BCUT2D eigenvalue weighted by Crippen LogP contribution is -2.07. The average molecular weight is 305 g/mol. The largest absolute Gasteiger partial charge is 0.462 e. The summed E-state index contributed by atoms with van der Waals surface area (Å²) < 4.78 is 28.5. The minimum absolute atomic E-state index is 0.0832. The molecule has 110 valence electrons. The van der Waals surface area contributed by atoms with Gasteiger partial charge in [-0.2, -0.15) is 0 Å². The Bertz CT molecular complexity index is 754. The Morgan fingerprint density at radius 2 is 1.81 bits per heavy atom. The van der Waals surface area contributed by atoms with Crippen LogP contribution in [0.4, 0.5) is 0 Å². The van der Waals surface area contributed by atoms with E-state index in [0.29, 0.717) is 5.56 Å². The molecule has 0 bridgehead atoms. The molecule has 0 spiro atoms. The van der Waals surface area contributed by atoms with Crippen LogP contribution in [0, 0.1) is 0 Å². The highest BCUT2D eigenvalue weighted by molar-refractivity contribution is 7.90. The number of hydrogen-bond donors (Lipinski definition) is 0. The number of nitrogens with zero attached hydrogens (tertiary/aromatic N) is 1. The normalized spacial score (nSPS) is 11.1. The first-order valence-corrected chi connectivity index (χ1v) is 8.23. The summed E-state index contributed by atoms with van der Waals surface area (Å²) >= 11 is 0. The lowest BCUT2D eigenvalue weighted by Gasteiger charge is -2.08. The summed E-state index contributed by atoms with van der Waals surface area (Å²) in [5.41, 5.74) is 1.62. The van der Waals surface area contributed by atoms with Gasteiger partial charge in [0.15, 0.2) is 9.84 Å². The molecule has 0 atom stereocenters. The Morgan fingerprint density at radius 3 is 2.38 bits per heavy atom. The van der Waals surface area contributed by atoms with Gasteiger partial charge in [0.05, 0.1) is 17.1 Å². The summed E-state index contributed by atoms with van der Waals surface area (Å²) in [5, 5.41) is 0. The van der Waals surface area contributed by atoms with E-state index in [1.54, 1.807) is 37.5 Å². The maximum absolute atomic E-state index is 11.9. The molecule has 2 rings (SSSR count). The minimum atomic E-state index is -3.43. The summed E-state index contributed by atoms with van der Waals surface area (Å²) in [6.45, 7) is 1.93. The van der Waals surface area contributed by atoms with E-state index in [9.17, 15) is 13.2 Å². The van der Waals surface area contributed by atoms with Gasteiger partial charge in [-0.1, -0.05) is 0 Å². The molecule has 1 aromatic carbocycles. The molecule has 0 N–H and O–H groups in total. The van der Waals surface area contributed by atoms with Gasteiger partial charge >= 0.3 is 5.97 Å². The molecular weight excluding hydrogens is 290 g/mol. The van der Waals surface area contributed by atoms with E-state index in [2.05, 4.69) is 4.98 Å². The summed E-state index contributed by atoms with van der Waals surface area (Å²) in [6, 6.07) is 7.97. The number of pyridine rings is 1. The highest BCUT2D eigenvalue weighted by atomic mass is 32.2. The molecule has 5 nitrogen and oxygen atoms in total. The van der Waals surface area contributed by atoms with Crippen molar-refractivity contribution in [2.75, 3.05) is 12.9 Å². The fourth-order valence-corrected chi connectivity index (χ4v) is 2.54. The van der Waals surface area contributed by atoms with Crippen molar-refractivity contribution in [3.8, 4) is 11.1 Å². The van der Waals surface area contributed by atoms with Crippen molar-refractivity contribution >= 4 is 15.8 Å². The molecule has 1 heterocycles. The van der Waals surface area contributed by atoms with Gasteiger partial charge in [-0.05, 0) is 48.4 Å². The minimum Gasteiger partial charge on any atom is -0.462 e. The SMILES string of the molecule is CCOC(=O)c1cc(-c2ccncc2)cc(S(C)(=O)=O)c1. The van der Waals surface area contributed by atoms with Gasteiger partial charge in [0.2, 0.25) is 0 Å². The van der Waals surface area contributed by atoms with Crippen molar-refractivity contribution in [3.63, 3.8) is 0 Å². The molecule has 0 aliphatic heterocycles. The molecule has 0 aliphatic carbocycles. The fourth-order valence-electron chi connectivity index (χ4n) is 1.86. The molecule has 0 aliphatic rings. The van der Waals surface area contributed by atoms with E-state index in [1.807, 2.05) is 0 Å². The Labute approximate surface area is 123 Å². The van der Waals surface area contributed by atoms with Gasteiger partial charge in [0.25, 0.3) is 0 Å². The predicted octanol–water partition coefficient (Wildman–Crippen LogP) is 2.33. The molecule has 0 amide bonds. The van der Waals surface area contributed by atoms with Crippen LogP contribution in [-0.2, 0) is 14.6 Å². The summed E-state index contributed by atoms with van der Waals surface area (Å²) in [5.74, 6) is -0.543. The third kappa shape index (κ3) is 3.66. The third-order valence-electron chi connectivity index (χ3n) is 2.86. The number of aromatic nitrogens is 1. The Morgan fingerprint density at radius 1 is 1.14 bits per heavy atom. The summed E-state index contributed by atoms with van der Waals surface area (Å²) in [6.07, 6.45) is 4.31. The molecular formula is C15H15NO4S. The number of ether oxygens (including phenoxy) is 1. The zero-order valence-corrected chi connectivity index (χ0v) is 12.6. The van der Waals surface area contributed by atoms with Crippen LogP contribution in [0.25, 0.3) is 11.1 Å². The van der Waals surface area contributed by atoms with Crippen LogP contribution < -0.4 is 0 Å². The number of benzene rings is 1. The van der Waals surface area contributed by atoms with Crippen molar-refractivity contribution in [3.05, 3.63) is 48.3 Å². The van der Waals surface area contributed by atoms with E-state index < -0.39 is 15.8 Å². The second-order valence-corrected chi connectivity index (χ2v) is 6.49. The number of rotatable bonds is 4. The number of sulfone groups is 1. The molecule has 6 heteroatoms. The molecule has 0 saturated heterocycles. The highest BCUT2D eigenvalue weighted by Gasteiger charge is 2.15. The predicted molar refractivity (Wildman–Crippen MR) is 78.7 cm³/mol. The van der Waals surface area contributed by atoms with E-state index in [1.165, 1.54) is 12.1 Å². The maximum Gasteiger partial charge on any atom is 0.338 e. The standard InChI is InChI=1S/C15H15NO4S/c1-3-20-15(17)13-8-12(11-4-6-16-7-5-11)9-14(10-13)21(2,18)19/h4-10H,3H2,1-2H3. The third-order valence-corrected chi connectivity index (χ3v) is 3.95. The lowest BCUT2D eigenvalue weighted by atomic mass is 10.0. The zero-order chi connectivity index (χ0) is 15.5. The second kappa shape index (κ2) is 6.05. The first kappa shape index (κ1) is 15.2. The van der Waals surface area contributed by atoms with Crippen LogP contribution in [0.3, 0.4) is 0 Å². The molecule has 0 radical (unpaired) electrons. The summed E-state index contributed by atoms with van der Waals surface area (Å²) in [4.78, 5) is 15.9.